The molecule has 0 saturated heterocycles. The summed E-state index contributed by atoms with van der Waals surface area (Å²) in [7, 11) is 0. The molecule has 4 amide bonds. The lowest BCUT2D eigenvalue weighted by Gasteiger charge is -2.25. The average Bonchev–Trinajstić information content (AvgIpc) is 2.72. The number of nitrogens with one attached hydrogen (secondary N) is 3. The van der Waals surface area contributed by atoms with Gasteiger partial charge >= 0.3 is 17.9 Å². The maximum Gasteiger partial charge on any atom is 0.326 e. The molecule has 0 aliphatic heterocycles. The Morgan fingerprint density at radius 1 is 0.714 bits per heavy atom. The van der Waals surface area contributed by atoms with Gasteiger partial charge in [-0.05, 0) is 25.2 Å². The molecule has 4 unspecified atom stereocenters. The van der Waals surface area contributed by atoms with E-state index < -0.39 is 85.0 Å². The van der Waals surface area contributed by atoms with E-state index in [9.17, 15) is 33.6 Å². The van der Waals surface area contributed by atoms with Gasteiger partial charge < -0.3 is 42.7 Å². The molecule has 0 heterocycles. The van der Waals surface area contributed by atoms with Gasteiger partial charge in [-0.25, -0.2) is 4.79 Å². The standard InChI is InChI=1S/C20H33N5O10/c1-9(2)7-12(24-17(31)10(21)3-5-14(22)26)19(33)23-11(4-6-15(27)28)18(32)25-13(20(34)35)8-16(29)30/h9-13H,3-8,21H2,1-2H3,(H2,22,26)(H,23,33)(H,24,31)(H,25,32)(H,27,28)(H,29,30)(H,34,35). The van der Waals surface area contributed by atoms with Crippen molar-refractivity contribution in [1.82, 2.24) is 16.0 Å². The van der Waals surface area contributed by atoms with E-state index >= 15 is 0 Å². The van der Waals surface area contributed by atoms with Gasteiger partial charge in [0, 0.05) is 12.8 Å². The van der Waals surface area contributed by atoms with Crippen molar-refractivity contribution in [3.8, 4) is 0 Å². The fourth-order valence-corrected chi connectivity index (χ4v) is 2.87. The highest BCUT2D eigenvalue weighted by atomic mass is 16.4. The Hall–Kier alpha value is -3.75. The third kappa shape index (κ3) is 13.5. The highest BCUT2D eigenvalue weighted by Gasteiger charge is 2.31. The molecule has 0 aliphatic rings. The highest BCUT2D eigenvalue weighted by molar-refractivity contribution is 5.95. The SMILES string of the molecule is CC(C)CC(NC(=O)C(N)CCC(N)=O)C(=O)NC(CCC(=O)O)C(=O)NC(CC(=O)O)C(=O)O. The lowest BCUT2D eigenvalue weighted by molar-refractivity contribution is -0.147. The number of carboxylic acid groups (broad SMARTS) is 3. The van der Waals surface area contributed by atoms with Gasteiger partial charge in [0.1, 0.15) is 18.1 Å². The Labute approximate surface area is 201 Å². The molecule has 0 rings (SSSR count). The van der Waals surface area contributed by atoms with Crippen molar-refractivity contribution >= 4 is 41.5 Å². The number of carbonyl (C=O) groups excluding carboxylic acids is 4. The Morgan fingerprint density at radius 3 is 1.69 bits per heavy atom. The number of aliphatic carboxylic acids is 3. The molecule has 0 aromatic rings. The maximum absolute atomic E-state index is 12.9. The van der Waals surface area contributed by atoms with Crippen LogP contribution in [0.15, 0.2) is 0 Å². The predicted octanol–water partition coefficient (Wildman–Crippen LogP) is -2.50. The van der Waals surface area contributed by atoms with Crippen LogP contribution in [-0.2, 0) is 33.6 Å². The van der Waals surface area contributed by atoms with E-state index in [1.165, 1.54) is 0 Å². The van der Waals surface area contributed by atoms with Crippen LogP contribution in [0.1, 0.15) is 52.4 Å². The summed E-state index contributed by atoms with van der Waals surface area (Å²) in [5, 5.41) is 33.6. The lowest BCUT2D eigenvalue weighted by atomic mass is 10.0. The van der Waals surface area contributed by atoms with E-state index in [0.717, 1.165) is 0 Å². The van der Waals surface area contributed by atoms with Crippen molar-refractivity contribution in [2.75, 3.05) is 0 Å². The minimum atomic E-state index is -1.82. The van der Waals surface area contributed by atoms with Gasteiger partial charge in [0.2, 0.25) is 23.6 Å². The minimum absolute atomic E-state index is 0.0685. The van der Waals surface area contributed by atoms with Gasteiger partial charge in [-0.3, -0.25) is 28.8 Å². The molecule has 35 heavy (non-hydrogen) atoms. The fraction of sp³-hybridized carbons (Fsp3) is 0.650. The molecular formula is C20H33N5O10. The quantitative estimate of drug-likeness (QED) is 0.103. The van der Waals surface area contributed by atoms with Crippen LogP contribution in [0, 0.1) is 5.92 Å². The number of amides is 4. The summed E-state index contributed by atoms with van der Waals surface area (Å²) in [5.74, 6) is -7.97. The first-order valence-electron chi connectivity index (χ1n) is 10.7. The molecule has 0 saturated carbocycles. The molecule has 0 aromatic carbocycles. The third-order valence-electron chi connectivity index (χ3n) is 4.65. The van der Waals surface area contributed by atoms with E-state index in [4.69, 9.17) is 26.8 Å². The van der Waals surface area contributed by atoms with Gasteiger partial charge in [-0.2, -0.15) is 0 Å². The van der Waals surface area contributed by atoms with Gasteiger partial charge in [0.05, 0.1) is 12.5 Å². The number of hydrogen-bond acceptors (Lipinski definition) is 8. The number of carboxylic acids is 3. The van der Waals surface area contributed by atoms with Crippen molar-refractivity contribution in [2.45, 2.75) is 76.5 Å². The zero-order valence-electron chi connectivity index (χ0n) is 19.5. The molecule has 0 aromatic heterocycles. The molecule has 10 N–H and O–H groups in total. The van der Waals surface area contributed by atoms with Crippen molar-refractivity contribution in [3.63, 3.8) is 0 Å². The third-order valence-corrected chi connectivity index (χ3v) is 4.65. The van der Waals surface area contributed by atoms with E-state index in [0.29, 0.717) is 0 Å². The second-order valence-electron chi connectivity index (χ2n) is 8.29. The molecule has 15 nitrogen and oxygen atoms in total. The predicted molar refractivity (Wildman–Crippen MR) is 118 cm³/mol. The molecule has 198 valence electrons. The largest absolute Gasteiger partial charge is 0.481 e. The van der Waals surface area contributed by atoms with E-state index in [2.05, 4.69) is 10.6 Å². The van der Waals surface area contributed by atoms with Gasteiger partial charge in [-0.15, -0.1) is 0 Å². The molecule has 15 heteroatoms. The zero-order chi connectivity index (χ0) is 27.3. The summed E-state index contributed by atoms with van der Waals surface area (Å²) < 4.78 is 0. The lowest BCUT2D eigenvalue weighted by Crippen LogP contribution is -2.57. The van der Waals surface area contributed by atoms with Crippen LogP contribution in [0.4, 0.5) is 0 Å². The Balaban J connectivity index is 5.57. The summed E-state index contributed by atoms with van der Waals surface area (Å²) in [5.41, 5.74) is 10.7. The van der Waals surface area contributed by atoms with E-state index in [1.807, 2.05) is 5.32 Å². The summed E-state index contributed by atoms with van der Waals surface area (Å²) in [6.45, 7) is 3.49. The smallest absolute Gasteiger partial charge is 0.326 e. The van der Waals surface area contributed by atoms with Crippen LogP contribution in [0.25, 0.3) is 0 Å². The molecular weight excluding hydrogens is 470 g/mol. The van der Waals surface area contributed by atoms with Crippen LogP contribution >= 0.6 is 0 Å². The summed E-state index contributed by atoms with van der Waals surface area (Å²) in [6.07, 6.45) is -2.09. The van der Waals surface area contributed by atoms with Crippen LogP contribution in [-0.4, -0.2) is 81.0 Å². The van der Waals surface area contributed by atoms with Crippen molar-refractivity contribution in [1.29, 1.82) is 0 Å². The monoisotopic (exact) mass is 503 g/mol. The molecule has 0 aliphatic carbocycles. The Morgan fingerprint density at radius 2 is 1.23 bits per heavy atom. The molecule has 0 radical (unpaired) electrons. The van der Waals surface area contributed by atoms with Crippen LogP contribution in [0.2, 0.25) is 0 Å². The summed E-state index contributed by atoms with van der Waals surface area (Å²) in [4.78, 5) is 81.8. The first-order valence-corrected chi connectivity index (χ1v) is 10.7. The number of primary amides is 1. The minimum Gasteiger partial charge on any atom is -0.481 e. The fourth-order valence-electron chi connectivity index (χ4n) is 2.87. The van der Waals surface area contributed by atoms with E-state index in [-0.39, 0.29) is 25.2 Å². The summed E-state index contributed by atoms with van der Waals surface area (Å²) >= 11 is 0. The first-order chi connectivity index (χ1) is 16.1. The molecule has 4 atom stereocenters. The van der Waals surface area contributed by atoms with E-state index in [1.54, 1.807) is 13.8 Å². The Kier molecular flexibility index (Phi) is 13.6. The Bertz CT molecular complexity index is 816. The van der Waals surface area contributed by atoms with Crippen molar-refractivity contribution < 1.29 is 48.9 Å². The van der Waals surface area contributed by atoms with Gasteiger partial charge in [-0.1, -0.05) is 13.8 Å². The zero-order valence-corrected chi connectivity index (χ0v) is 19.5. The second kappa shape index (κ2) is 15.2. The van der Waals surface area contributed by atoms with Crippen molar-refractivity contribution in [2.24, 2.45) is 17.4 Å². The summed E-state index contributed by atoms with van der Waals surface area (Å²) in [6, 6.07) is -5.71. The topological polar surface area (TPSA) is 268 Å². The van der Waals surface area contributed by atoms with Crippen LogP contribution in [0.3, 0.4) is 0 Å². The van der Waals surface area contributed by atoms with Gasteiger partial charge in [0.15, 0.2) is 0 Å². The van der Waals surface area contributed by atoms with Crippen LogP contribution in [0.5, 0.6) is 0 Å². The highest BCUT2D eigenvalue weighted by Crippen LogP contribution is 2.08. The van der Waals surface area contributed by atoms with Crippen molar-refractivity contribution in [3.05, 3.63) is 0 Å². The second-order valence-corrected chi connectivity index (χ2v) is 8.29. The first kappa shape index (κ1) is 31.2. The van der Waals surface area contributed by atoms with Gasteiger partial charge in [0.25, 0.3) is 0 Å². The molecule has 0 fully saturated rings. The number of nitrogens with two attached hydrogens (primary N) is 2. The normalized spacial score (nSPS) is 14.2. The maximum atomic E-state index is 12.9. The number of hydrogen-bond donors (Lipinski definition) is 8. The number of rotatable bonds is 17. The number of carbonyl (C=O) groups is 7. The van der Waals surface area contributed by atoms with Crippen LogP contribution < -0.4 is 27.4 Å². The average molecular weight is 504 g/mol. The molecule has 0 spiro atoms. The molecule has 0 bridgehead atoms.